The van der Waals surface area contributed by atoms with Gasteiger partial charge < -0.3 is 15.1 Å². The summed E-state index contributed by atoms with van der Waals surface area (Å²) in [5.74, 6) is -0.0166. The molecular formula is C21H23N3O2S. The molecule has 140 valence electrons. The van der Waals surface area contributed by atoms with E-state index in [1.165, 1.54) is 23.0 Å². The Kier molecular flexibility index (Phi) is 5.07. The largest absolute Gasteiger partial charge is 0.368 e. The van der Waals surface area contributed by atoms with Crippen LogP contribution in [0.25, 0.3) is 0 Å². The van der Waals surface area contributed by atoms with Crippen LogP contribution in [-0.4, -0.2) is 48.1 Å². The van der Waals surface area contributed by atoms with E-state index in [-0.39, 0.29) is 23.5 Å². The Morgan fingerprint density at radius 1 is 1.07 bits per heavy atom. The molecule has 4 rings (SSSR count). The maximum atomic E-state index is 12.7. The summed E-state index contributed by atoms with van der Waals surface area (Å²) in [5, 5.41) is 2.55. The van der Waals surface area contributed by atoms with E-state index < -0.39 is 0 Å². The summed E-state index contributed by atoms with van der Waals surface area (Å²) in [6.07, 6.45) is 0.245. The Bertz CT molecular complexity index is 862. The van der Waals surface area contributed by atoms with Gasteiger partial charge in [-0.15, -0.1) is 11.8 Å². The number of fused-ring (bicyclic) bond motifs is 1. The Hall–Kier alpha value is -2.47. The third-order valence-corrected chi connectivity index (χ3v) is 6.43. The van der Waals surface area contributed by atoms with Crippen LogP contribution < -0.4 is 10.2 Å². The van der Waals surface area contributed by atoms with E-state index in [2.05, 4.69) is 35.3 Å². The topological polar surface area (TPSA) is 52.6 Å². The molecule has 0 radical (unpaired) electrons. The smallest absolute Gasteiger partial charge is 0.238 e. The summed E-state index contributed by atoms with van der Waals surface area (Å²) in [4.78, 5) is 30.3. The van der Waals surface area contributed by atoms with Gasteiger partial charge in [0.05, 0.1) is 10.9 Å². The van der Waals surface area contributed by atoms with E-state index in [1.54, 1.807) is 0 Å². The maximum Gasteiger partial charge on any atom is 0.238 e. The molecule has 2 aliphatic rings. The van der Waals surface area contributed by atoms with Gasteiger partial charge in [-0.2, -0.15) is 0 Å². The van der Waals surface area contributed by atoms with Crippen LogP contribution in [0.5, 0.6) is 0 Å². The molecule has 27 heavy (non-hydrogen) atoms. The Morgan fingerprint density at radius 3 is 2.56 bits per heavy atom. The second-order valence-corrected chi connectivity index (χ2v) is 8.19. The molecule has 2 heterocycles. The lowest BCUT2D eigenvalue weighted by molar-refractivity contribution is -0.132. The van der Waals surface area contributed by atoms with Crippen LogP contribution in [0.4, 0.5) is 11.4 Å². The molecule has 1 N–H and O–H groups in total. The Labute approximate surface area is 163 Å². The minimum absolute atomic E-state index is 0.0615. The molecule has 2 amide bonds. The van der Waals surface area contributed by atoms with Gasteiger partial charge in [0.1, 0.15) is 0 Å². The molecule has 1 saturated heterocycles. The van der Waals surface area contributed by atoms with Gasteiger partial charge in [0.2, 0.25) is 11.8 Å². The molecule has 0 saturated carbocycles. The lowest BCUT2D eigenvalue weighted by Gasteiger charge is -2.37. The second-order valence-electron chi connectivity index (χ2n) is 6.95. The van der Waals surface area contributed by atoms with Crippen molar-refractivity contribution in [1.82, 2.24) is 4.90 Å². The van der Waals surface area contributed by atoms with Crippen LogP contribution in [-0.2, 0) is 9.59 Å². The number of rotatable bonds is 3. The molecule has 0 spiro atoms. The van der Waals surface area contributed by atoms with Gasteiger partial charge in [-0.3, -0.25) is 9.59 Å². The number of carbonyl (C=O) groups excluding carboxylic acids is 2. The third kappa shape index (κ3) is 3.81. The standard InChI is InChI=1S/C21H23N3O2S/c1-15-6-2-4-8-17(15)23-10-12-24(13-11-23)20(25)14-19-21(26)22-16-7-3-5-9-18(16)27-19/h2-9,19H,10-14H2,1H3,(H,22,26)/t19-/m0/s1. The number of hydrogen-bond acceptors (Lipinski definition) is 4. The van der Waals surface area contributed by atoms with Gasteiger partial charge in [-0.05, 0) is 30.7 Å². The van der Waals surface area contributed by atoms with Gasteiger partial charge in [-0.1, -0.05) is 30.3 Å². The normalized spacial score (nSPS) is 19.4. The minimum Gasteiger partial charge on any atom is -0.368 e. The zero-order valence-corrected chi connectivity index (χ0v) is 16.2. The average molecular weight is 382 g/mol. The molecule has 0 aromatic heterocycles. The Balaban J connectivity index is 1.35. The molecule has 1 atom stereocenters. The predicted octanol–water partition coefficient (Wildman–Crippen LogP) is 3.15. The fourth-order valence-electron chi connectivity index (χ4n) is 3.63. The number of benzene rings is 2. The van der Waals surface area contributed by atoms with Gasteiger partial charge in [0, 0.05) is 43.2 Å². The van der Waals surface area contributed by atoms with Gasteiger partial charge >= 0.3 is 0 Å². The third-order valence-electron chi connectivity index (χ3n) is 5.16. The number of hydrogen-bond donors (Lipinski definition) is 1. The summed E-state index contributed by atoms with van der Waals surface area (Å²) < 4.78 is 0. The molecule has 2 aromatic carbocycles. The lowest BCUT2D eigenvalue weighted by atomic mass is 10.1. The fourth-order valence-corrected chi connectivity index (χ4v) is 4.73. The van der Waals surface area contributed by atoms with E-state index in [1.807, 2.05) is 35.2 Å². The zero-order chi connectivity index (χ0) is 18.8. The van der Waals surface area contributed by atoms with Crippen molar-refractivity contribution in [1.29, 1.82) is 0 Å². The van der Waals surface area contributed by atoms with Crippen molar-refractivity contribution in [3.8, 4) is 0 Å². The summed E-state index contributed by atoms with van der Waals surface area (Å²) in [6.45, 7) is 5.15. The number of carbonyl (C=O) groups is 2. The lowest BCUT2D eigenvalue weighted by Crippen LogP contribution is -2.50. The van der Waals surface area contributed by atoms with Crippen molar-refractivity contribution in [2.45, 2.75) is 23.5 Å². The minimum atomic E-state index is -0.359. The van der Waals surface area contributed by atoms with Crippen molar-refractivity contribution in [3.05, 3.63) is 54.1 Å². The number of thioether (sulfide) groups is 1. The van der Waals surface area contributed by atoms with E-state index in [4.69, 9.17) is 0 Å². The van der Waals surface area contributed by atoms with Gasteiger partial charge in [0.15, 0.2) is 0 Å². The molecule has 2 aromatic rings. The first-order valence-electron chi connectivity index (χ1n) is 9.27. The van der Waals surface area contributed by atoms with E-state index in [9.17, 15) is 9.59 Å². The van der Waals surface area contributed by atoms with Crippen molar-refractivity contribution < 1.29 is 9.59 Å². The van der Waals surface area contributed by atoms with Crippen LogP contribution in [0.1, 0.15) is 12.0 Å². The monoisotopic (exact) mass is 381 g/mol. The van der Waals surface area contributed by atoms with E-state index in [0.29, 0.717) is 13.1 Å². The quantitative estimate of drug-likeness (QED) is 0.887. The Morgan fingerprint density at radius 2 is 1.78 bits per heavy atom. The molecule has 6 heteroatoms. The first-order chi connectivity index (χ1) is 13.1. The van der Waals surface area contributed by atoms with Crippen molar-refractivity contribution in [2.75, 3.05) is 36.4 Å². The molecular weight excluding hydrogens is 358 g/mol. The van der Waals surface area contributed by atoms with E-state index >= 15 is 0 Å². The number of piperazine rings is 1. The van der Waals surface area contributed by atoms with Crippen LogP contribution in [0.2, 0.25) is 0 Å². The highest BCUT2D eigenvalue weighted by molar-refractivity contribution is 8.01. The number of anilines is 2. The van der Waals surface area contributed by atoms with Crippen molar-refractivity contribution in [2.24, 2.45) is 0 Å². The SMILES string of the molecule is Cc1ccccc1N1CCN(C(=O)C[C@@H]2Sc3ccccc3NC2=O)CC1. The zero-order valence-electron chi connectivity index (χ0n) is 15.4. The fraction of sp³-hybridized carbons (Fsp3) is 0.333. The van der Waals surface area contributed by atoms with Gasteiger partial charge in [0.25, 0.3) is 0 Å². The molecule has 0 unspecified atom stereocenters. The molecule has 5 nitrogen and oxygen atoms in total. The molecule has 1 fully saturated rings. The highest BCUT2D eigenvalue weighted by Crippen LogP contribution is 2.36. The van der Waals surface area contributed by atoms with Crippen LogP contribution in [0.3, 0.4) is 0 Å². The summed E-state index contributed by atoms with van der Waals surface area (Å²) in [6, 6.07) is 16.1. The van der Waals surface area contributed by atoms with Gasteiger partial charge in [-0.25, -0.2) is 0 Å². The van der Waals surface area contributed by atoms with Crippen LogP contribution >= 0.6 is 11.8 Å². The second kappa shape index (κ2) is 7.64. The number of amides is 2. The average Bonchev–Trinajstić information content (AvgIpc) is 2.69. The highest BCUT2D eigenvalue weighted by Gasteiger charge is 2.31. The molecule has 2 aliphatic heterocycles. The van der Waals surface area contributed by atoms with E-state index in [0.717, 1.165) is 23.7 Å². The highest BCUT2D eigenvalue weighted by atomic mass is 32.2. The van der Waals surface area contributed by atoms with Crippen LogP contribution in [0.15, 0.2) is 53.4 Å². The number of nitrogens with one attached hydrogen (secondary N) is 1. The van der Waals surface area contributed by atoms with Crippen molar-refractivity contribution in [3.63, 3.8) is 0 Å². The van der Waals surface area contributed by atoms with Crippen LogP contribution in [0, 0.1) is 6.92 Å². The summed E-state index contributed by atoms with van der Waals surface area (Å²) in [5.41, 5.74) is 3.33. The number of aryl methyl sites for hydroxylation is 1. The summed E-state index contributed by atoms with van der Waals surface area (Å²) >= 11 is 1.49. The first kappa shape index (κ1) is 17.9. The summed E-state index contributed by atoms with van der Waals surface area (Å²) in [7, 11) is 0. The predicted molar refractivity (Wildman–Crippen MR) is 109 cm³/mol. The molecule has 0 aliphatic carbocycles. The first-order valence-corrected chi connectivity index (χ1v) is 10.1. The molecule has 0 bridgehead atoms. The number of para-hydroxylation sites is 2. The maximum absolute atomic E-state index is 12.7. The number of nitrogens with zero attached hydrogens (tertiary/aromatic N) is 2. The van der Waals surface area contributed by atoms with Crippen molar-refractivity contribution >= 4 is 35.0 Å².